The summed E-state index contributed by atoms with van der Waals surface area (Å²) < 4.78 is 0. The summed E-state index contributed by atoms with van der Waals surface area (Å²) in [7, 11) is 0. The van der Waals surface area contributed by atoms with Crippen LogP contribution in [-0.2, 0) is 0 Å². The maximum atomic E-state index is 5.82. The molecule has 1 heterocycles. The molecule has 1 fully saturated rings. The molecule has 1 unspecified atom stereocenters. The molecular weight excluding hydrogens is 184 g/mol. The SMILES string of the molecule is CC(C)C(CCCl)N1CCNCC1. The van der Waals surface area contributed by atoms with Crippen LogP contribution in [0.5, 0.6) is 0 Å². The van der Waals surface area contributed by atoms with Crippen LogP contribution < -0.4 is 5.32 Å². The third-order valence-corrected chi connectivity index (χ3v) is 3.01. The van der Waals surface area contributed by atoms with Crippen molar-refractivity contribution >= 4 is 11.6 Å². The van der Waals surface area contributed by atoms with Gasteiger partial charge in [-0.05, 0) is 12.3 Å². The Labute approximate surface area is 86.6 Å². The number of hydrogen-bond donors (Lipinski definition) is 1. The van der Waals surface area contributed by atoms with Gasteiger partial charge in [-0.3, -0.25) is 4.90 Å². The number of nitrogens with one attached hydrogen (secondary N) is 1. The van der Waals surface area contributed by atoms with E-state index in [1.54, 1.807) is 0 Å². The maximum absolute atomic E-state index is 5.82. The number of hydrogen-bond acceptors (Lipinski definition) is 2. The van der Waals surface area contributed by atoms with Crippen LogP contribution in [0.3, 0.4) is 0 Å². The first-order valence-corrected chi connectivity index (χ1v) is 5.80. The lowest BCUT2D eigenvalue weighted by Gasteiger charge is -2.37. The van der Waals surface area contributed by atoms with E-state index >= 15 is 0 Å². The van der Waals surface area contributed by atoms with Crippen LogP contribution in [0.1, 0.15) is 20.3 Å². The minimum Gasteiger partial charge on any atom is -0.314 e. The van der Waals surface area contributed by atoms with E-state index in [9.17, 15) is 0 Å². The average Bonchev–Trinajstić information content (AvgIpc) is 2.15. The van der Waals surface area contributed by atoms with Gasteiger partial charge in [0.1, 0.15) is 0 Å². The standard InChI is InChI=1S/C10H21ClN2/c1-9(2)10(3-4-11)13-7-5-12-6-8-13/h9-10,12H,3-8H2,1-2H3. The van der Waals surface area contributed by atoms with Crippen LogP contribution in [0, 0.1) is 5.92 Å². The Morgan fingerprint density at radius 1 is 1.31 bits per heavy atom. The number of piperazine rings is 1. The van der Waals surface area contributed by atoms with Crippen LogP contribution in [-0.4, -0.2) is 43.0 Å². The van der Waals surface area contributed by atoms with Crippen molar-refractivity contribution in [3.8, 4) is 0 Å². The molecule has 1 rings (SSSR count). The molecule has 2 nitrogen and oxygen atoms in total. The summed E-state index contributed by atoms with van der Waals surface area (Å²) in [6.45, 7) is 9.20. The summed E-state index contributed by atoms with van der Waals surface area (Å²) in [4.78, 5) is 2.57. The minimum absolute atomic E-state index is 0.680. The van der Waals surface area contributed by atoms with E-state index in [1.807, 2.05) is 0 Å². The zero-order valence-corrected chi connectivity index (χ0v) is 9.48. The van der Waals surface area contributed by atoms with Crippen molar-refractivity contribution in [1.82, 2.24) is 10.2 Å². The molecular formula is C10H21ClN2. The molecule has 0 aliphatic carbocycles. The van der Waals surface area contributed by atoms with Gasteiger partial charge < -0.3 is 5.32 Å². The minimum atomic E-state index is 0.680. The first kappa shape index (κ1) is 11.3. The summed E-state index contributed by atoms with van der Waals surface area (Å²) in [6.07, 6.45) is 1.12. The molecule has 78 valence electrons. The van der Waals surface area contributed by atoms with Crippen LogP contribution in [0.4, 0.5) is 0 Å². The molecule has 0 spiro atoms. The molecule has 0 aromatic carbocycles. The van der Waals surface area contributed by atoms with E-state index in [1.165, 1.54) is 13.1 Å². The van der Waals surface area contributed by atoms with Gasteiger partial charge in [0, 0.05) is 38.1 Å². The molecule has 1 aliphatic heterocycles. The zero-order chi connectivity index (χ0) is 9.68. The van der Waals surface area contributed by atoms with Gasteiger partial charge in [-0.15, -0.1) is 11.6 Å². The molecule has 3 heteroatoms. The lowest BCUT2D eigenvalue weighted by atomic mass is 9.99. The second kappa shape index (κ2) is 5.84. The highest BCUT2D eigenvalue weighted by Gasteiger charge is 2.22. The second-order valence-electron chi connectivity index (χ2n) is 4.07. The Bertz CT molecular complexity index is 133. The van der Waals surface area contributed by atoms with Gasteiger partial charge in [-0.1, -0.05) is 13.8 Å². The fraction of sp³-hybridized carbons (Fsp3) is 1.00. The lowest BCUT2D eigenvalue weighted by Crippen LogP contribution is -2.50. The van der Waals surface area contributed by atoms with E-state index in [2.05, 4.69) is 24.1 Å². The van der Waals surface area contributed by atoms with E-state index in [4.69, 9.17) is 11.6 Å². The van der Waals surface area contributed by atoms with Crippen molar-refractivity contribution in [1.29, 1.82) is 0 Å². The number of alkyl halides is 1. The normalized spacial score (nSPS) is 22.2. The second-order valence-corrected chi connectivity index (χ2v) is 4.45. The fourth-order valence-electron chi connectivity index (χ4n) is 2.06. The third-order valence-electron chi connectivity index (χ3n) is 2.80. The van der Waals surface area contributed by atoms with Gasteiger partial charge >= 0.3 is 0 Å². The van der Waals surface area contributed by atoms with Crippen molar-refractivity contribution in [3.63, 3.8) is 0 Å². The fourth-order valence-corrected chi connectivity index (χ4v) is 2.29. The Kier molecular flexibility index (Phi) is 5.07. The summed E-state index contributed by atoms with van der Waals surface area (Å²) in [6, 6.07) is 0.680. The first-order chi connectivity index (χ1) is 6.25. The summed E-state index contributed by atoms with van der Waals surface area (Å²) in [5.41, 5.74) is 0. The van der Waals surface area contributed by atoms with Gasteiger partial charge in [-0.2, -0.15) is 0 Å². The largest absolute Gasteiger partial charge is 0.314 e. The number of halogens is 1. The molecule has 0 aromatic rings. The highest BCUT2D eigenvalue weighted by atomic mass is 35.5. The first-order valence-electron chi connectivity index (χ1n) is 5.26. The summed E-state index contributed by atoms with van der Waals surface area (Å²) in [5, 5.41) is 3.38. The maximum Gasteiger partial charge on any atom is 0.0238 e. The van der Waals surface area contributed by atoms with Gasteiger partial charge in [0.15, 0.2) is 0 Å². The van der Waals surface area contributed by atoms with Crippen molar-refractivity contribution in [3.05, 3.63) is 0 Å². The Morgan fingerprint density at radius 3 is 2.38 bits per heavy atom. The Hall–Kier alpha value is 0.210. The topological polar surface area (TPSA) is 15.3 Å². The Morgan fingerprint density at radius 2 is 1.92 bits per heavy atom. The molecule has 0 aromatic heterocycles. The molecule has 1 N–H and O–H groups in total. The zero-order valence-electron chi connectivity index (χ0n) is 8.72. The monoisotopic (exact) mass is 204 g/mol. The van der Waals surface area contributed by atoms with E-state index in [0.29, 0.717) is 6.04 Å². The van der Waals surface area contributed by atoms with Crippen LogP contribution in [0.25, 0.3) is 0 Å². The highest BCUT2D eigenvalue weighted by Crippen LogP contribution is 2.15. The summed E-state index contributed by atoms with van der Waals surface area (Å²) in [5.74, 6) is 1.50. The smallest absolute Gasteiger partial charge is 0.0238 e. The predicted molar refractivity (Wildman–Crippen MR) is 58.4 cm³/mol. The predicted octanol–water partition coefficient (Wildman–Crippen LogP) is 1.55. The quantitative estimate of drug-likeness (QED) is 0.700. The van der Waals surface area contributed by atoms with E-state index in [-0.39, 0.29) is 0 Å². The molecule has 0 saturated carbocycles. The Balaban J connectivity index is 2.41. The average molecular weight is 205 g/mol. The van der Waals surface area contributed by atoms with Crippen LogP contribution in [0.2, 0.25) is 0 Å². The molecule has 1 atom stereocenters. The molecule has 0 radical (unpaired) electrons. The molecule has 0 amide bonds. The van der Waals surface area contributed by atoms with Gasteiger partial charge in [0.2, 0.25) is 0 Å². The van der Waals surface area contributed by atoms with Gasteiger partial charge in [0.25, 0.3) is 0 Å². The van der Waals surface area contributed by atoms with Gasteiger partial charge in [0.05, 0.1) is 0 Å². The lowest BCUT2D eigenvalue weighted by molar-refractivity contribution is 0.133. The highest BCUT2D eigenvalue weighted by molar-refractivity contribution is 6.17. The molecule has 1 aliphatic rings. The van der Waals surface area contributed by atoms with E-state index in [0.717, 1.165) is 31.3 Å². The molecule has 1 saturated heterocycles. The molecule has 13 heavy (non-hydrogen) atoms. The van der Waals surface area contributed by atoms with Crippen LogP contribution in [0.15, 0.2) is 0 Å². The summed E-state index contributed by atoms with van der Waals surface area (Å²) >= 11 is 5.82. The van der Waals surface area contributed by atoms with Crippen molar-refractivity contribution in [2.24, 2.45) is 5.92 Å². The van der Waals surface area contributed by atoms with Crippen LogP contribution >= 0.6 is 11.6 Å². The number of rotatable bonds is 4. The molecule has 0 bridgehead atoms. The third kappa shape index (κ3) is 3.45. The van der Waals surface area contributed by atoms with Crippen molar-refractivity contribution in [2.75, 3.05) is 32.1 Å². The number of nitrogens with zero attached hydrogens (tertiary/aromatic N) is 1. The van der Waals surface area contributed by atoms with E-state index < -0.39 is 0 Å². The van der Waals surface area contributed by atoms with Crippen molar-refractivity contribution in [2.45, 2.75) is 26.3 Å². The van der Waals surface area contributed by atoms with Crippen molar-refractivity contribution < 1.29 is 0 Å². The van der Waals surface area contributed by atoms with Gasteiger partial charge in [-0.25, -0.2) is 0 Å².